The van der Waals surface area contributed by atoms with E-state index < -0.39 is 5.82 Å². The van der Waals surface area contributed by atoms with E-state index >= 15 is 0 Å². The van der Waals surface area contributed by atoms with Gasteiger partial charge < -0.3 is 19.3 Å². The van der Waals surface area contributed by atoms with E-state index in [-0.39, 0.29) is 47.2 Å². The van der Waals surface area contributed by atoms with Crippen LogP contribution in [0.15, 0.2) is 24.3 Å². The summed E-state index contributed by atoms with van der Waals surface area (Å²) in [5.41, 5.74) is 3.22. The summed E-state index contributed by atoms with van der Waals surface area (Å²) in [6.45, 7) is 6.56. The quantitative estimate of drug-likeness (QED) is 0.699. The number of nitrogens with zero attached hydrogens (tertiary/aromatic N) is 2. The summed E-state index contributed by atoms with van der Waals surface area (Å²) < 4.78 is 25.3. The van der Waals surface area contributed by atoms with Crippen LogP contribution < -0.4 is 14.4 Å². The first kappa shape index (κ1) is 22.6. The molecule has 0 saturated heterocycles. The van der Waals surface area contributed by atoms with Crippen LogP contribution in [0.4, 0.5) is 10.1 Å². The summed E-state index contributed by atoms with van der Waals surface area (Å²) in [5.74, 6) is -0.546. The van der Waals surface area contributed by atoms with E-state index in [9.17, 15) is 9.18 Å². The number of methoxy groups -OCH3 is 2. The first-order chi connectivity index (χ1) is 14.5. The van der Waals surface area contributed by atoms with E-state index in [0.29, 0.717) is 11.1 Å². The molecule has 2 aromatic carbocycles. The van der Waals surface area contributed by atoms with Crippen molar-refractivity contribution < 1.29 is 18.7 Å². The predicted octanol–water partition coefficient (Wildman–Crippen LogP) is 4.23. The van der Waals surface area contributed by atoms with Crippen molar-refractivity contribution in [3.05, 3.63) is 52.3 Å². The molecule has 0 unspecified atom stereocenters. The molecule has 31 heavy (non-hydrogen) atoms. The second kappa shape index (κ2) is 8.21. The Kier molecular flexibility index (Phi) is 5.98. The zero-order valence-electron chi connectivity index (χ0n) is 19.2. The van der Waals surface area contributed by atoms with Gasteiger partial charge in [-0.3, -0.25) is 10.2 Å². The monoisotopic (exact) mass is 427 g/mol. The molecule has 0 bridgehead atoms. The van der Waals surface area contributed by atoms with Gasteiger partial charge in [0.25, 0.3) is 0 Å². The zero-order valence-corrected chi connectivity index (χ0v) is 19.2. The molecule has 0 aromatic heterocycles. The topological polar surface area (TPSA) is 65.9 Å². The smallest absolute Gasteiger partial charge is 0.197 e. The average molecular weight is 428 g/mol. The third-order valence-electron chi connectivity index (χ3n) is 5.56. The molecule has 3 rings (SSSR count). The van der Waals surface area contributed by atoms with Crippen LogP contribution in [0.2, 0.25) is 0 Å². The minimum absolute atomic E-state index is 0.0158. The average Bonchev–Trinajstić information content (AvgIpc) is 3.02. The lowest BCUT2D eigenvalue weighted by Crippen LogP contribution is -2.30. The highest BCUT2D eigenvalue weighted by molar-refractivity contribution is 6.06. The third kappa shape index (κ3) is 4.22. The molecule has 7 heteroatoms. The number of Topliss-reactive ketones (excluding diaryl/α,β-unsaturated/α-hetero) is 1. The predicted molar refractivity (Wildman–Crippen MR) is 121 cm³/mol. The number of hydrogen-bond acceptors (Lipinski definition) is 5. The second-order valence-electron chi connectivity index (χ2n) is 9.00. The highest BCUT2D eigenvalue weighted by Gasteiger charge is 2.33. The molecular weight excluding hydrogens is 397 g/mol. The van der Waals surface area contributed by atoms with Gasteiger partial charge in [-0.25, -0.2) is 4.39 Å². The fourth-order valence-corrected chi connectivity index (χ4v) is 3.69. The molecule has 0 aliphatic carbocycles. The van der Waals surface area contributed by atoms with Crippen LogP contribution in [-0.4, -0.2) is 51.4 Å². The fraction of sp³-hybridized carbons (Fsp3) is 0.417. The summed E-state index contributed by atoms with van der Waals surface area (Å²) >= 11 is 0. The van der Waals surface area contributed by atoms with Gasteiger partial charge in [0.05, 0.1) is 26.3 Å². The van der Waals surface area contributed by atoms with Crippen LogP contribution in [0.1, 0.15) is 47.8 Å². The van der Waals surface area contributed by atoms with Gasteiger partial charge in [0.15, 0.2) is 23.1 Å². The van der Waals surface area contributed by atoms with Gasteiger partial charge in [0, 0.05) is 31.9 Å². The zero-order chi connectivity index (χ0) is 23.1. The number of carbonyl (C=O) groups excluding carboxylic acids is 1. The summed E-state index contributed by atoms with van der Waals surface area (Å²) in [4.78, 5) is 16.7. The Morgan fingerprint density at radius 2 is 1.84 bits per heavy atom. The third-order valence-corrected chi connectivity index (χ3v) is 5.56. The minimum atomic E-state index is -0.638. The van der Waals surface area contributed by atoms with Crippen LogP contribution in [0, 0.1) is 11.2 Å². The van der Waals surface area contributed by atoms with Gasteiger partial charge in [0.2, 0.25) is 0 Å². The van der Waals surface area contributed by atoms with Crippen LogP contribution in [0.3, 0.4) is 0 Å². The Hall–Kier alpha value is -3.09. The number of benzene rings is 2. The molecule has 0 radical (unpaired) electrons. The fourth-order valence-electron chi connectivity index (χ4n) is 3.69. The van der Waals surface area contributed by atoms with E-state index in [1.54, 1.807) is 11.0 Å². The molecule has 2 aromatic rings. The summed E-state index contributed by atoms with van der Waals surface area (Å²) in [6.07, 6.45) is 0. The molecule has 1 N–H and O–H groups in total. The molecular formula is C24H30FN3O3. The van der Waals surface area contributed by atoms with E-state index in [0.717, 1.165) is 11.3 Å². The van der Waals surface area contributed by atoms with E-state index in [2.05, 4.69) is 26.8 Å². The number of halogens is 1. The molecule has 1 aliphatic heterocycles. The van der Waals surface area contributed by atoms with Crippen LogP contribution in [0.25, 0.3) is 0 Å². The van der Waals surface area contributed by atoms with Crippen molar-refractivity contribution in [2.45, 2.75) is 32.7 Å². The van der Waals surface area contributed by atoms with Gasteiger partial charge in [0.1, 0.15) is 5.84 Å². The highest BCUT2D eigenvalue weighted by atomic mass is 19.1. The number of fused-ring (bicyclic) bond motifs is 1. The van der Waals surface area contributed by atoms with Crippen molar-refractivity contribution in [1.29, 1.82) is 5.41 Å². The van der Waals surface area contributed by atoms with Crippen molar-refractivity contribution in [3.8, 4) is 11.5 Å². The van der Waals surface area contributed by atoms with Crippen molar-refractivity contribution in [2.75, 3.05) is 39.8 Å². The highest BCUT2D eigenvalue weighted by Crippen LogP contribution is 2.38. The number of anilines is 1. The van der Waals surface area contributed by atoms with E-state index in [1.165, 1.54) is 14.2 Å². The lowest BCUT2D eigenvalue weighted by molar-refractivity contribution is 0.0962. The van der Waals surface area contributed by atoms with E-state index in [4.69, 9.17) is 14.9 Å². The number of nitrogens with one attached hydrogen (secondary N) is 1. The molecule has 0 spiro atoms. The largest absolute Gasteiger partial charge is 0.493 e. The lowest BCUT2D eigenvalue weighted by Gasteiger charge is -2.24. The van der Waals surface area contributed by atoms with Crippen molar-refractivity contribution in [3.63, 3.8) is 0 Å². The molecule has 6 nitrogen and oxygen atoms in total. The van der Waals surface area contributed by atoms with Gasteiger partial charge in [-0.2, -0.15) is 0 Å². The number of rotatable bonds is 6. The van der Waals surface area contributed by atoms with Gasteiger partial charge in [-0.05, 0) is 40.8 Å². The Morgan fingerprint density at radius 1 is 1.16 bits per heavy atom. The first-order valence-electron chi connectivity index (χ1n) is 10.1. The molecule has 166 valence electrons. The van der Waals surface area contributed by atoms with Crippen molar-refractivity contribution >= 4 is 17.3 Å². The number of carbonyl (C=O) groups is 1. The van der Waals surface area contributed by atoms with Crippen molar-refractivity contribution in [1.82, 2.24) is 4.90 Å². The molecule has 0 saturated carbocycles. The number of ether oxygens (including phenoxy) is 2. The van der Waals surface area contributed by atoms with Crippen LogP contribution in [0.5, 0.6) is 11.5 Å². The van der Waals surface area contributed by atoms with Crippen LogP contribution >= 0.6 is 0 Å². The normalized spacial score (nSPS) is 13.3. The molecule has 1 heterocycles. The standard InChI is InChI=1S/C24H30FN3O3/c1-24(2,3)16-8-14(9-17(11-16)27(4)5)18(29)13-28-12-15-10-19(30-6)22(31-7)21(25)20(15)23(28)26/h8-11,26H,12-13H2,1-7H3. The maximum atomic E-state index is 15.0. The summed E-state index contributed by atoms with van der Waals surface area (Å²) in [6, 6.07) is 7.52. The minimum Gasteiger partial charge on any atom is -0.493 e. The molecule has 1 aliphatic rings. The van der Waals surface area contributed by atoms with Crippen molar-refractivity contribution in [2.24, 2.45) is 0 Å². The maximum absolute atomic E-state index is 15.0. The molecule has 0 atom stereocenters. The van der Waals surface area contributed by atoms with Crippen LogP contribution in [-0.2, 0) is 12.0 Å². The molecule has 0 amide bonds. The SMILES string of the molecule is COc1cc2c(c(F)c1OC)C(=N)N(CC(=O)c1cc(N(C)C)cc(C(C)(C)C)c1)C2. The van der Waals surface area contributed by atoms with Gasteiger partial charge in [-0.1, -0.05) is 20.8 Å². The Bertz CT molecular complexity index is 1040. The Labute approximate surface area is 183 Å². The van der Waals surface area contributed by atoms with Gasteiger partial charge >= 0.3 is 0 Å². The summed E-state index contributed by atoms with van der Waals surface area (Å²) in [7, 11) is 6.67. The number of amidine groups is 1. The van der Waals surface area contributed by atoms with E-state index in [1.807, 2.05) is 31.1 Å². The Morgan fingerprint density at radius 3 is 2.39 bits per heavy atom. The van der Waals surface area contributed by atoms with Gasteiger partial charge in [-0.15, -0.1) is 0 Å². The number of ketones is 1. The summed E-state index contributed by atoms with van der Waals surface area (Å²) in [5, 5.41) is 8.46. The lowest BCUT2D eigenvalue weighted by atomic mass is 9.85. The maximum Gasteiger partial charge on any atom is 0.197 e. The second-order valence-corrected chi connectivity index (χ2v) is 9.00. The Balaban J connectivity index is 1.92. The first-order valence-corrected chi connectivity index (χ1v) is 10.1. The molecule has 0 fully saturated rings. The number of hydrogen-bond donors (Lipinski definition) is 1.